The summed E-state index contributed by atoms with van der Waals surface area (Å²) in [6, 6.07) is 7.32. The smallest absolute Gasteiger partial charge is 0.126 e. The number of aryl methyl sites for hydroxylation is 1. The monoisotopic (exact) mass is 340 g/mol. The van der Waals surface area contributed by atoms with Gasteiger partial charge in [0.2, 0.25) is 0 Å². The number of hydrogen-bond acceptors (Lipinski definition) is 2. The summed E-state index contributed by atoms with van der Waals surface area (Å²) < 4.78 is 27.0. The molecule has 2 rings (SSSR count). The number of benzene rings is 2. The van der Waals surface area contributed by atoms with Gasteiger partial charge in [-0.2, -0.15) is 0 Å². The minimum absolute atomic E-state index is 0.532. The highest BCUT2D eigenvalue weighted by Gasteiger charge is 2.04. The summed E-state index contributed by atoms with van der Waals surface area (Å²) in [5, 5.41) is 3.22. The highest BCUT2D eigenvalue weighted by Crippen LogP contribution is 2.27. The van der Waals surface area contributed by atoms with Crippen molar-refractivity contribution in [1.82, 2.24) is 0 Å². The molecule has 0 aliphatic rings. The Hall–Kier alpha value is -1.62. The van der Waals surface area contributed by atoms with E-state index in [1.54, 1.807) is 0 Å². The number of nitrogen functional groups attached to an aromatic ring is 1. The molecule has 20 heavy (non-hydrogen) atoms. The van der Waals surface area contributed by atoms with Gasteiger partial charge in [-0.15, -0.1) is 0 Å². The SMILES string of the molecule is Cc1cc(NCCc2cc(F)cc(F)c2)c(Br)cc1N. The number of nitrogens with two attached hydrogens (primary N) is 1. The predicted molar refractivity (Wildman–Crippen MR) is 81.8 cm³/mol. The highest BCUT2D eigenvalue weighted by atomic mass is 79.9. The van der Waals surface area contributed by atoms with Crippen LogP contribution in [0.4, 0.5) is 20.2 Å². The molecule has 106 valence electrons. The fourth-order valence-corrected chi connectivity index (χ4v) is 2.43. The largest absolute Gasteiger partial charge is 0.398 e. The normalized spacial score (nSPS) is 10.6. The topological polar surface area (TPSA) is 38.0 Å². The zero-order chi connectivity index (χ0) is 14.7. The molecular formula is C15H15BrF2N2. The molecule has 0 radical (unpaired) electrons. The molecule has 0 saturated heterocycles. The number of nitrogens with one attached hydrogen (secondary N) is 1. The lowest BCUT2D eigenvalue weighted by Crippen LogP contribution is -2.06. The van der Waals surface area contributed by atoms with Crippen LogP contribution in [0.5, 0.6) is 0 Å². The van der Waals surface area contributed by atoms with Crippen LogP contribution in [-0.2, 0) is 6.42 Å². The summed E-state index contributed by atoms with van der Waals surface area (Å²) >= 11 is 3.43. The molecule has 2 nitrogen and oxygen atoms in total. The lowest BCUT2D eigenvalue weighted by atomic mass is 10.1. The van der Waals surface area contributed by atoms with Crippen LogP contribution in [-0.4, -0.2) is 6.54 Å². The highest BCUT2D eigenvalue weighted by molar-refractivity contribution is 9.10. The van der Waals surface area contributed by atoms with E-state index in [-0.39, 0.29) is 0 Å². The van der Waals surface area contributed by atoms with Crippen LogP contribution in [0.2, 0.25) is 0 Å². The molecule has 5 heteroatoms. The van der Waals surface area contributed by atoms with Gasteiger partial charge in [-0.3, -0.25) is 0 Å². The Bertz CT molecular complexity index is 609. The van der Waals surface area contributed by atoms with E-state index in [0.29, 0.717) is 18.5 Å². The molecule has 0 atom stereocenters. The van der Waals surface area contributed by atoms with Crippen molar-refractivity contribution in [3.05, 3.63) is 57.6 Å². The maximum atomic E-state index is 13.1. The van der Waals surface area contributed by atoms with E-state index in [0.717, 1.165) is 27.5 Å². The number of rotatable bonds is 4. The van der Waals surface area contributed by atoms with Crippen molar-refractivity contribution in [3.8, 4) is 0 Å². The fourth-order valence-electron chi connectivity index (χ4n) is 1.93. The lowest BCUT2D eigenvalue weighted by molar-refractivity contribution is 0.580. The van der Waals surface area contributed by atoms with Gasteiger partial charge >= 0.3 is 0 Å². The second-order valence-electron chi connectivity index (χ2n) is 4.64. The third kappa shape index (κ3) is 3.70. The molecular weight excluding hydrogens is 326 g/mol. The molecule has 0 aliphatic carbocycles. The molecule has 0 aromatic heterocycles. The molecule has 0 aliphatic heterocycles. The summed E-state index contributed by atoms with van der Waals surface area (Å²) in [5.74, 6) is -1.10. The van der Waals surface area contributed by atoms with Crippen molar-refractivity contribution >= 4 is 27.3 Å². The van der Waals surface area contributed by atoms with Gasteiger partial charge in [0.15, 0.2) is 0 Å². The number of hydrogen-bond donors (Lipinski definition) is 2. The maximum Gasteiger partial charge on any atom is 0.126 e. The quantitative estimate of drug-likeness (QED) is 0.815. The van der Waals surface area contributed by atoms with Crippen molar-refractivity contribution in [2.45, 2.75) is 13.3 Å². The minimum Gasteiger partial charge on any atom is -0.398 e. The van der Waals surface area contributed by atoms with Gasteiger partial charge < -0.3 is 11.1 Å². The van der Waals surface area contributed by atoms with Gasteiger partial charge in [0.1, 0.15) is 11.6 Å². The van der Waals surface area contributed by atoms with E-state index in [9.17, 15) is 8.78 Å². The Morgan fingerprint density at radius 1 is 1.10 bits per heavy atom. The summed E-state index contributed by atoms with van der Waals surface area (Å²) in [5.41, 5.74) is 9.03. The van der Waals surface area contributed by atoms with Gasteiger partial charge in [0.05, 0.1) is 0 Å². The van der Waals surface area contributed by atoms with Crippen molar-refractivity contribution in [3.63, 3.8) is 0 Å². The minimum atomic E-state index is -0.551. The first-order valence-electron chi connectivity index (χ1n) is 6.20. The van der Waals surface area contributed by atoms with Crippen LogP contribution >= 0.6 is 15.9 Å². The summed E-state index contributed by atoms with van der Waals surface area (Å²) in [6.45, 7) is 2.50. The summed E-state index contributed by atoms with van der Waals surface area (Å²) in [4.78, 5) is 0. The van der Waals surface area contributed by atoms with Gasteiger partial charge in [-0.25, -0.2) is 8.78 Å². The first-order chi connectivity index (χ1) is 9.45. The molecule has 0 amide bonds. The van der Waals surface area contributed by atoms with E-state index in [2.05, 4.69) is 21.2 Å². The Morgan fingerprint density at radius 2 is 1.75 bits per heavy atom. The molecule has 0 unspecified atom stereocenters. The average Bonchev–Trinajstić information content (AvgIpc) is 2.34. The Morgan fingerprint density at radius 3 is 2.40 bits per heavy atom. The zero-order valence-electron chi connectivity index (χ0n) is 11.0. The van der Waals surface area contributed by atoms with Gasteiger partial charge in [-0.05, 0) is 64.7 Å². The Labute approximate surface area is 125 Å². The van der Waals surface area contributed by atoms with E-state index >= 15 is 0 Å². The van der Waals surface area contributed by atoms with Crippen LogP contribution in [0.25, 0.3) is 0 Å². The molecule has 0 bridgehead atoms. The van der Waals surface area contributed by atoms with Crippen LogP contribution in [0.1, 0.15) is 11.1 Å². The third-order valence-electron chi connectivity index (χ3n) is 3.01. The Kier molecular flexibility index (Phi) is 4.60. The first kappa shape index (κ1) is 14.8. The van der Waals surface area contributed by atoms with Crippen LogP contribution in [0, 0.1) is 18.6 Å². The number of halogens is 3. The first-order valence-corrected chi connectivity index (χ1v) is 6.99. The van der Waals surface area contributed by atoms with E-state index < -0.39 is 11.6 Å². The van der Waals surface area contributed by atoms with Crippen molar-refractivity contribution in [1.29, 1.82) is 0 Å². The molecule has 2 aromatic carbocycles. The van der Waals surface area contributed by atoms with Gasteiger partial charge in [0, 0.05) is 28.5 Å². The molecule has 0 heterocycles. The van der Waals surface area contributed by atoms with Crippen LogP contribution in [0.3, 0.4) is 0 Å². The predicted octanol–water partition coefficient (Wildman–Crippen LogP) is 4.27. The molecule has 2 aromatic rings. The second-order valence-corrected chi connectivity index (χ2v) is 5.50. The lowest BCUT2D eigenvalue weighted by Gasteiger charge is -2.11. The fraction of sp³-hybridized carbons (Fsp3) is 0.200. The Balaban J connectivity index is 2.01. The zero-order valence-corrected chi connectivity index (χ0v) is 12.6. The summed E-state index contributed by atoms with van der Waals surface area (Å²) in [7, 11) is 0. The third-order valence-corrected chi connectivity index (χ3v) is 3.66. The second kappa shape index (κ2) is 6.22. The molecule has 3 N–H and O–H groups in total. The number of anilines is 2. The summed E-state index contributed by atoms with van der Waals surface area (Å²) in [6.07, 6.45) is 0.532. The van der Waals surface area contributed by atoms with E-state index in [1.165, 1.54) is 12.1 Å². The van der Waals surface area contributed by atoms with Gasteiger partial charge in [0.25, 0.3) is 0 Å². The van der Waals surface area contributed by atoms with Crippen molar-refractivity contribution in [2.75, 3.05) is 17.6 Å². The van der Waals surface area contributed by atoms with E-state index in [4.69, 9.17) is 5.73 Å². The maximum absolute atomic E-state index is 13.1. The van der Waals surface area contributed by atoms with Gasteiger partial charge in [-0.1, -0.05) is 0 Å². The van der Waals surface area contributed by atoms with Crippen LogP contribution in [0.15, 0.2) is 34.8 Å². The molecule has 0 saturated carbocycles. The van der Waals surface area contributed by atoms with Crippen LogP contribution < -0.4 is 11.1 Å². The average molecular weight is 341 g/mol. The van der Waals surface area contributed by atoms with Crippen molar-refractivity contribution < 1.29 is 8.78 Å². The van der Waals surface area contributed by atoms with Crippen molar-refractivity contribution in [2.24, 2.45) is 0 Å². The standard InChI is InChI=1S/C15H15BrF2N2/c1-9-4-15(13(16)8-14(9)19)20-3-2-10-5-11(17)7-12(18)6-10/h4-8,20H,2-3,19H2,1H3. The van der Waals surface area contributed by atoms with E-state index in [1.807, 2.05) is 19.1 Å². The molecule has 0 spiro atoms. The molecule has 0 fully saturated rings.